The molecule has 2 aromatic carbocycles. The summed E-state index contributed by atoms with van der Waals surface area (Å²) in [7, 11) is 0. The Labute approximate surface area is 181 Å². The van der Waals surface area contributed by atoms with Crippen LogP contribution in [0.2, 0.25) is 0 Å². The number of anilines is 1. The van der Waals surface area contributed by atoms with Crippen molar-refractivity contribution < 1.29 is 9.53 Å². The highest BCUT2D eigenvalue weighted by Gasteiger charge is 2.43. The Kier molecular flexibility index (Phi) is 8.47. The van der Waals surface area contributed by atoms with Crippen LogP contribution in [0.5, 0.6) is 0 Å². The zero-order chi connectivity index (χ0) is 21.2. The van der Waals surface area contributed by atoms with Crippen LogP contribution in [-0.2, 0) is 16.0 Å². The lowest BCUT2D eigenvalue weighted by Crippen LogP contribution is -2.60. The Balaban J connectivity index is 1.74. The molecule has 1 fully saturated rings. The molecular formula is C26H36N2O2. The molecule has 0 spiro atoms. The minimum Gasteiger partial charge on any atom is -0.379 e. The van der Waals surface area contributed by atoms with E-state index in [-0.39, 0.29) is 11.4 Å². The monoisotopic (exact) mass is 408 g/mol. The number of piperidine rings is 1. The number of carbonyl (C=O) groups excluding carboxylic acids is 1. The quantitative estimate of drug-likeness (QED) is 0.523. The Hall–Kier alpha value is -2.17. The van der Waals surface area contributed by atoms with Crippen molar-refractivity contribution in [2.24, 2.45) is 0 Å². The highest BCUT2D eigenvalue weighted by molar-refractivity contribution is 5.94. The fourth-order valence-corrected chi connectivity index (χ4v) is 4.38. The molecular weight excluding hydrogens is 372 g/mol. The van der Waals surface area contributed by atoms with E-state index >= 15 is 0 Å². The van der Waals surface area contributed by atoms with E-state index in [1.54, 1.807) is 0 Å². The molecule has 2 aromatic rings. The van der Waals surface area contributed by atoms with Gasteiger partial charge in [-0.15, -0.1) is 0 Å². The predicted molar refractivity (Wildman–Crippen MR) is 124 cm³/mol. The van der Waals surface area contributed by atoms with Crippen LogP contribution >= 0.6 is 0 Å². The van der Waals surface area contributed by atoms with Crippen LogP contribution in [0.4, 0.5) is 5.69 Å². The maximum atomic E-state index is 13.1. The summed E-state index contributed by atoms with van der Waals surface area (Å²) in [6.45, 7) is 8.46. The van der Waals surface area contributed by atoms with E-state index < -0.39 is 0 Å². The first-order chi connectivity index (χ1) is 14.7. The van der Waals surface area contributed by atoms with Crippen LogP contribution in [0.25, 0.3) is 0 Å². The molecule has 1 heterocycles. The van der Waals surface area contributed by atoms with Gasteiger partial charge >= 0.3 is 0 Å². The number of hydrogen-bond donors (Lipinski definition) is 0. The number of nitrogens with zero attached hydrogens (tertiary/aromatic N) is 2. The third-order valence-corrected chi connectivity index (χ3v) is 6.11. The number of carbonyl (C=O) groups is 1. The maximum Gasteiger partial charge on any atom is 0.227 e. The third-order valence-electron chi connectivity index (χ3n) is 6.11. The van der Waals surface area contributed by atoms with Crippen LogP contribution < -0.4 is 4.90 Å². The van der Waals surface area contributed by atoms with Gasteiger partial charge in [0.1, 0.15) is 0 Å². The van der Waals surface area contributed by atoms with Gasteiger partial charge < -0.3 is 14.5 Å². The van der Waals surface area contributed by atoms with Crippen molar-refractivity contribution in [2.75, 3.05) is 37.7 Å². The average molecular weight is 409 g/mol. The molecule has 0 bridgehead atoms. The van der Waals surface area contributed by atoms with E-state index in [0.29, 0.717) is 13.0 Å². The molecule has 30 heavy (non-hydrogen) atoms. The maximum absolute atomic E-state index is 13.1. The average Bonchev–Trinajstić information content (AvgIpc) is 2.80. The SMILES string of the molecule is CCCOCC1(N(C(=O)CC)c2ccccc2)CCN(CCc2ccccc2)CC1. The summed E-state index contributed by atoms with van der Waals surface area (Å²) in [6.07, 6.45) is 4.43. The molecule has 1 aliphatic rings. The molecule has 0 saturated carbocycles. The van der Waals surface area contributed by atoms with Crippen molar-refractivity contribution in [1.29, 1.82) is 0 Å². The van der Waals surface area contributed by atoms with Gasteiger partial charge in [-0.2, -0.15) is 0 Å². The van der Waals surface area contributed by atoms with E-state index in [1.165, 1.54) is 5.56 Å². The van der Waals surface area contributed by atoms with Crippen molar-refractivity contribution in [2.45, 2.75) is 51.5 Å². The second kappa shape index (κ2) is 11.3. The zero-order valence-corrected chi connectivity index (χ0v) is 18.6. The van der Waals surface area contributed by atoms with Crippen LogP contribution in [0, 0.1) is 0 Å². The molecule has 0 aromatic heterocycles. The Morgan fingerprint density at radius 3 is 2.23 bits per heavy atom. The number of hydrogen-bond acceptors (Lipinski definition) is 3. The van der Waals surface area contributed by atoms with Gasteiger partial charge in [-0.1, -0.05) is 62.4 Å². The summed E-state index contributed by atoms with van der Waals surface area (Å²) >= 11 is 0. The molecule has 0 unspecified atom stereocenters. The van der Waals surface area contributed by atoms with Gasteiger partial charge in [0.25, 0.3) is 0 Å². The van der Waals surface area contributed by atoms with Crippen LogP contribution in [0.15, 0.2) is 60.7 Å². The van der Waals surface area contributed by atoms with E-state index in [2.05, 4.69) is 59.2 Å². The van der Waals surface area contributed by atoms with Gasteiger partial charge in [-0.3, -0.25) is 4.79 Å². The summed E-state index contributed by atoms with van der Waals surface area (Å²) in [4.78, 5) is 17.7. The van der Waals surface area contributed by atoms with Gasteiger partial charge in [0.05, 0.1) is 12.1 Å². The Morgan fingerprint density at radius 1 is 1.00 bits per heavy atom. The molecule has 0 radical (unpaired) electrons. The summed E-state index contributed by atoms with van der Waals surface area (Å²) in [5, 5.41) is 0. The first kappa shape index (κ1) is 22.5. The number of benzene rings is 2. The largest absolute Gasteiger partial charge is 0.379 e. The highest BCUT2D eigenvalue weighted by atomic mass is 16.5. The number of likely N-dealkylation sites (tertiary alicyclic amines) is 1. The number of amides is 1. The van der Waals surface area contributed by atoms with Crippen molar-refractivity contribution in [1.82, 2.24) is 4.90 Å². The standard InChI is InChI=1S/C26H36N2O2/c1-3-21-30-22-26(28(25(29)4-2)24-13-9-6-10-14-24)16-19-27(20-17-26)18-15-23-11-7-5-8-12-23/h5-14H,3-4,15-22H2,1-2H3. The van der Waals surface area contributed by atoms with E-state index in [9.17, 15) is 4.79 Å². The number of ether oxygens (including phenoxy) is 1. The van der Waals surface area contributed by atoms with E-state index in [1.807, 2.05) is 25.1 Å². The predicted octanol–water partition coefficient (Wildman–Crippen LogP) is 4.93. The number of para-hydroxylation sites is 1. The number of rotatable bonds is 10. The van der Waals surface area contributed by atoms with Crippen LogP contribution in [-0.4, -0.2) is 49.2 Å². The molecule has 4 heteroatoms. The lowest BCUT2D eigenvalue weighted by molar-refractivity contribution is -0.120. The van der Waals surface area contributed by atoms with Gasteiger partial charge in [0.2, 0.25) is 5.91 Å². The Morgan fingerprint density at radius 2 is 1.63 bits per heavy atom. The highest BCUT2D eigenvalue weighted by Crippen LogP contribution is 2.34. The first-order valence-electron chi connectivity index (χ1n) is 11.4. The molecule has 0 N–H and O–H groups in total. The lowest BCUT2D eigenvalue weighted by Gasteiger charge is -2.48. The molecule has 1 amide bonds. The summed E-state index contributed by atoms with van der Waals surface area (Å²) in [5.74, 6) is 0.180. The minimum atomic E-state index is -0.271. The molecule has 0 aliphatic carbocycles. The fraction of sp³-hybridized carbons (Fsp3) is 0.500. The summed E-state index contributed by atoms with van der Waals surface area (Å²) in [6, 6.07) is 20.8. The minimum absolute atomic E-state index is 0.180. The zero-order valence-electron chi connectivity index (χ0n) is 18.6. The smallest absolute Gasteiger partial charge is 0.227 e. The third kappa shape index (κ3) is 5.71. The fourth-order valence-electron chi connectivity index (χ4n) is 4.38. The first-order valence-corrected chi connectivity index (χ1v) is 11.4. The molecule has 1 aliphatic heterocycles. The van der Waals surface area contributed by atoms with Crippen molar-refractivity contribution in [3.63, 3.8) is 0 Å². The summed E-state index contributed by atoms with van der Waals surface area (Å²) in [5.41, 5.74) is 2.10. The second-order valence-corrected chi connectivity index (χ2v) is 8.27. The molecule has 3 rings (SSSR count). The van der Waals surface area contributed by atoms with Crippen LogP contribution in [0.1, 0.15) is 45.1 Å². The van der Waals surface area contributed by atoms with Gasteiger partial charge in [-0.25, -0.2) is 0 Å². The normalized spacial score (nSPS) is 16.3. The van der Waals surface area contributed by atoms with Crippen molar-refractivity contribution >= 4 is 11.6 Å². The van der Waals surface area contributed by atoms with Crippen molar-refractivity contribution in [3.05, 3.63) is 66.2 Å². The molecule has 162 valence electrons. The molecule has 1 saturated heterocycles. The van der Waals surface area contributed by atoms with E-state index in [4.69, 9.17) is 4.74 Å². The topological polar surface area (TPSA) is 32.8 Å². The second-order valence-electron chi connectivity index (χ2n) is 8.27. The van der Waals surface area contributed by atoms with Gasteiger partial charge in [-0.05, 0) is 43.4 Å². The molecule has 0 atom stereocenters. The summed E-state index contributed by atoms with van der Waals surface area (Å²) < 4.78 is 6.07. The van der Waals surface area contributed by atoms with Crippen molar-refractivity contribution in [3.8, 4) is 0 Å². The van der Waals surface area contributed by atoms with Crippen LogP contribution in [0.3, 0.4) is 0 Å². The Bertz CT molecular complexity index is 755. The molecule has 4 nitrogen and oxygen atoms in total. The van der Waals surface area contributed by atoms with E-state index in [0.717, 1.165) is 57.6 Å². The lowest BCUT2D eigenvalue weighted by atomic mass is 9.85. The van der Waals surface area contributed by atoms with Gasteiger partial charge in [0.15, 0.2) is 0 Å². The van der Waals surface area contributed by atoms with Gasteiger partial charge in [0, 0.05) is 38.3 Å².